The molecule has 0 atom stereocenters. The van der Waals surface area contributed by atoms with E-state index >= 15 is 0 Å². The highest BCUT2D eigenvalue weighted by Gasteiger charge is 2.17. The van der Waals surface area contributed by atoms with Crippen molar-refractivity contribution < 1.29 is 4.74 Å². The molecule has 3 nitrogen and oxygen atoms in total. The third-order valence-electron chi connectivity index (χ3n) is 3.30. The summed E-state index contributed by atoms with van der Waals surface area (Å²) in [5.74, 6) is 1.37. The molecule has 1 aromatic heterocycles. The molecule has 0 radical (unpaired) electrons. The molecular weight excluding hydrogens is 304 g/mol. The number of rotatable bonds is 3. The Balaban J connectivity index is 2.62. The van der Waals surface area contributed by atoms with Gasteiger partial charge in [-0.2, -0.15) is 5.10 Å². The van der Waals surface area contributed by atoms with Crippen molar-refractivity contribution in [2.24, 2.45) is 7.05 Å². The van der Waals surface area contributed by atoms with Crippen LogP contribution in [0.5, 0.6) is 5.75 Å². The molecule has 0 amide bonds. The quantitative estimate of drug-likeness (QED) is 0.842. The first-order valence-electron chi connectivity index (χ1n) is 6.33. The van der Waals surface area contributed by atoms with Crippen LogP contribution in [0.25, 0.3) is 11.3 Å². The van der Waals surface area contributed by atoms with Gasteiger partial charge < -0.3 is 4.74 Å². The van der Waals surface area contributed by atoms with Gasteiger partial charge in [0.15, 0.2) is 0 Å². The molecule has 0 N–H and O–H groups in total. The zero-order valence-corrected chi connectivity index (χ0v) is 13.6. The predicted octanol–water partition coefficient (Wildman–Crippen LogP) is 4.29. The summed E-state index contributed by atoms with van der Waals surface area (Å²) < 4.78 is 8.45. The lowest BCUT2D eigenvalue weighted by atomic mass is 9.99. The maximum Gasteiger partial charge on any atom is 0.128 e. The lowest BCUT2D eigenvalue weighted by Crippen LogP contribution is -1.98. The number of halogens is 1. The average molecular weight is 323 g/mol. The van der Waals surface area contributed by atoms with Crippen molar-refractivity contribution in [3.8, 4) is 17.0 Å². The molecule has 0 unspecified atom stereocenters. The van der Waals surface area contributed by atoms with Crippen LogP contribution in [0.4, 0.5) is 0 Å². The van der Waals surface area contributed by atoms with E-state index in [2.05, 4.69) is 53.1 Å². The van der Waals surface area contributed by atoms with Gasteiger partial charge in [0, 0.05) is 12.6 Å². The topological polar surface area (TPSA) is 27.1 Å². The highest BCUT2D eigenvalue weighted by atomic mass is 79.9. The van der Waals surface area contributed by atoms with Crippen LogP contribution >= 0.6 is 15.9 Å². The van der Waals surface area contributed by atoms with Crippen LogP contribution in [-0.4, -0.2) is 16.9 Å². The number of aromatic nitrogens is 2. The average Bonchev–Trinajstić information content (AvgIpc) is 2.62. The third kappa shape index (κ3) is 2.54. The molecule has 19 heavy (non-hydrogen) atoms. The van der Waals surface area contributed by atoms with Gasteiger partial charge in [0.1, 0.15) is 5.75 Å². The summed E-state index contributed by atoms with van der Waals surface area (Å²) in [5, 5.41) is 4.43. The number of ether oxygens (including phenoxy) is 1. The summed E-state index contributed by atoms with van der Waals surface area (Å²) in [4.78, 5) is 0. The summed E-state index contributed by atoms with van der Waals surface area (Å²) in [7, 11) is 3.66. The second-order valence-corrected chi connectivity index (χ2v) is 5.78. The molecule has 2 aromatic rings. The summed E-state index contributed by atoms with van der Waals surface area (Å²) in [6.45, 7) is 6.35. The van der Waals surface area contributed by atoms with Crippen LogP contribution < -0.4 is 4.74 Å². The number of hydrogen-bond acceptors (Lipinski definition) is 2. The van der Waals surface area contributed by atoms with E-state index < -0.39 is 0 Å². The first-order valence-corrected chi connectivity index (χ1v) is 7.12. The Kier molecular flexibility index (Phi) is 3.99. The maximum atomic E-state index is 5.55. The minimum Gasteiger partial charge on any atom is -0.496 e. The van der Waals surface area contributed by atoms with Gasteiger partial charge in [0.05, 0.1) is 23.0 Å². The Labute approximate surface area is 122 Å². The van der Waals surface area contributed by atoms with Gasteiger partial charge in [-0.1, -0.05) is 19.9 Å². The van der Waals surface area contributed by atoms with E-state index in [1.54, 1.807) is 7.11 Å². The number of nitrogens with zero attached hydrogens (tertiary/aromatic N) is 2. The van der Waals surface area contributed by atoms with Gasteiger partial charge in [-0.05, 0) is 46.5 Å². The minimum atomic E-state index is 0.486. The SMILES string of the molecule is COc1cc(C(C)C)ccc1-c1c(Br)c(C)nn1C. The van der Waals surface area contributed by atoms with E-state index in [-0.39, 0.29) is 0 Å². The van der Waals surface area contributed by atoms with Crippen molar-refractivity contribution in [3.05, 3.63) is 33.9 Å². The molecule has 0 aliphatic rings. The van der Waals surface area contributed by atoms with Crippen LogP contribution in [0.1, 0.15) is 31.0 Å². The van der Waals surface area contributed by atoms with Crippen molar-refractivity contribution in [1.82, 2.24) is 9.78 Å². The molecule has 2 rings (SSSR count). The van der Waals surface area contributed by atoms with Crippen LogP contribution in [0.2, 0.25) is 0 Å². The normalized spacial score (nSPS) is 11.1. The number of benzene rings is 1. The Hall–Kier alpha value is -1.29. The predicted molar refractivity (Wildman–Crippen MR) is 81.7 cm³/mol. The molecule has 102 valence electrons. The molecular formula is C15H19BrN2O. The number of aryl methyl sites for hydroxylation is 2. The van der Waals surface area contributed by atoms with Crippen molar-refractivity contribution in [2.45, 2.75) is 26.7 Å². The molecule has 4 heteroatoms. The van der Waals surface area contributed by atoms with Gasteiger partial charge in [0.25, 0.3) is 0 Å². The Morgan fingerprint density at radius 1 is 1.32 bits per heavy atom. The molecule has 0 spiro atoms. The fraction of sp³-hybridized carbons (Fsp3) is 0.400. The number of methoxy groups -OCH3 is 1. The van der Waals surface area contributed by atoms with E-state index in [1.807, 2.05) is 18.7 Å². The van der Waals surface area contributed by atoms with Gasteiger partial charge in [-0.25, -0.2) is 0 Å². The highest BCUT2D eigenvalue weighted by Crippen LogP contribution is 2.37. The maximum absolute atomic E-state index is 5.55. The first-order chi connectivity index (χ1) is 8.95. The first kappa shape index (κ1) is 14.1. The summed E-state index contributed by atoms with van der Waals surface area (Å²) in [5.41, 5.74) is 4.36. The minimum absolute atomic E-state index is 0.486. The molecule has 1 heterocycles. The van der Waals surface area contributed by atoms with Crippen LogP contribution in [0.15, 0.2) is 22.7 Å². The fourth-order valence-corrected chi connectivity index (χ4v) is 2.74. The van der Waals surface area contributed by atoms with Crippen molar-refractivity contribution in [1.29, 1.82) is 0 Å². The standard InChI is InChI=1S/C15H19BrN2O/c1-9(2)11-6-7-12(13(8-11)19-5)15-14(16)10(3)17-18(15)4/h6-9H,1-5H3. The lowest BCUT2D eigenvalue weighted by Gasteiger charge is -2.13. The smallest absolute Gasteiger partial charge is 0.128 e. The number of hydrogen-bond donors (Lipinski definition) is 0. The third-order valence-corrected chi connectivity index (χ3v) is 4.25. The van der Waals surface area contributed by atoms with Crippen LogP contribution in [0, 0.1) is 6.92 Å². The molecule has 1 aromatic carbocycles. The van der Waals surface area contributed by atoms with E-state index in [0.29, 0.717) is 5.92 Å². The zero-order valence-electron chi connectivity index (χ0n) is 12.0. The van der Waals surface area contributed by atoms with Crippen molar-refractivity contribution >= 4 is 15.9 Å². The van der Waals surface area contributed by atoms with Crippen LogP contribution in [0.3, 0.4) is 0 Å². The summed E-state index contributed by atoms with van der Waals surface area (Å²) in [6.07, 6.45) is 0. The molecule has 0 fully saturated rings. The van der Waals surface area contributed by atoms with E-state index in [9.17, 15) is 0 Å². The molecule has 0 saturated carbocycles. The molecule has 0 bridgehead atoms. The van der Waals surface area contributed by atoms with Gasteiger partial charge in [-0.15, -0.1) is 0 Å². The second kappa shape index (κ2) is 5.37. The molecule has 0 saturated heterocycles. The monoisotopic (exact) mass is 322 g/mol. The van der Waals surface area contributed by atoms with Gasteiger partial charge in [-0.3, -0.25) is 4.68 Å². The Morgan fingerprint density at radius 2 is 2.00 bits per heavy atom. The van der Waals surface area contributed by atoms with Crippen LogP contribution in [-0.2, 0) is 7.05 Å². The highest BCUT2D eigenvalue weighted by molar-refractivity contribution is 9.10. The molecule has 0 aliphatic heterocycles. The Morgan fingerprint density at radius 3 is 2.47 bits per heavy atom. The summed E-state index contributed by atoms with van der Waals surface area (Å²) >= 11 is 3.61. The van der Waals surface area contributed by atoms with Crippen molar-refractivity contribution in [3.63, 3.8) is 0 Å². The van der Waals surface area contributed by atoms with Gasteiger partial charge in [0.2, 0.25) is 0 Å². The van der Waals surface area contributed by atoms with E-state index in [0.717, 1.165) is 27.2 Å². The fourth-order valence-electron chi connectivity index (χ4n) is 2.19. The molecule has 0 aliphatic carbocycles. The zero-order chi connectivity index (χ0) is 14.2. The van der Waals surface area contributed by atoms with Crippen molar-refractivity contribution in [2.75, 3.05) is 7.11 Å². The van der Waals surface area contributed by atoms with Gasteiger partial charge >= 0.3 is 0 Å². The summed E-state index contributed by atoms with van der Waals surface area (Å²) in [6, 6.07) is 6.36. The van der Waals surface area contributed by atoms with E-state index in [1.165, 1.54) is 5.56 Å². The second-order valence-electron chi connectivity index (χ2n) is 4.99. The lowest BCUT2D eigenvalue weighted by molar-refractivity contribution is 0.415. The Bertz CT molecular complexity index is 602. The van der Waals surface area contributed by atoms with E-state index in [4.69, 9.17) is 4.74 Å². The largest absolute Gasteiger partial charge is 0.496 e.